The maximum atomic E-state index is 5.48. The Morgan fingerprint density at radius 3 is 2.67 bits per heavy atom. The predicted molar refractivity (Wildman–Crippen MR) is 26.1 cm³/mol. The Balaban J connectivity index is 2.18. The third-order valence-electron chi connectivity index (χ3n) is 1.21. The topological polar surface area (TPSA) is 26.0 Å². The molecular weight excluding hydrogens is 74.1 g/mol. The lowest BCUT2D eigenvalue weighted by molar-refractivity contribution is 0.772. The van der Waals surface area contributed by atoms with Gasteiger partial charge in [0.1, 0.15) is 6.04 Å². The standard InChI is InChI=1S/C5H10N/c6-5-3-1-2-4-5/h3,5H,1-2,4,6H2/q+1. The van der Waals surface area contributed by atoms with Crippen LogP contribution in [-0.2, 0) is 0 Å². The molecule has 0 heterocycles. The van der Waals surface area contributed by atoms with E-state index in [1.165, 1.54) is 19.3 Å². The summed E-state index contributed by atoms with van der Waals surface area (Å²) in [4.78, 5) is 0. The van der Waals surface area contributed by atoms with E-state index in [0.29, 0.717) is 6.04 Å². The Hall–Kier alpha value is -0.170. The molecule has 1 heteroatoms. The van der Waals surface area contributed by atoms with Crippen LogP contribution in [0.25, 0.3) is 0 Å². The van der Waals surface area contributed by atoms with Crippen LogP contribution in [0, 0.1) is 6.42 Å². The first kappa shape index (κ1) is 4.00. The van der Waals surface area contributed by atoms with Gasteiger partial charge in [-0.3, -0.25) is 5.73 Å². The Kier molecular flexibility index (Phi) is 1.01. The fourth-order valence-electron chi connectivity index (χ4n) is 0.803. The summed E-state index contributed by atoms with van der Waals surface area (Å²) in [5, 5.41) is 0. The van der Waals surface area contributed by atoms with Crippen molar-refractivity contribution in [1.82, 2.24) is 0 Å². The molecule has 1 fully saturated rings. The second kappa shape index (κ2) is 1.52. The SMILES string of the molecule is NC1[CH+]CCC1. The number of nitrogens with two attached hydrogens (primary N) is 1. The van der Waals surface area contributed by atoms with E-state index in [-0.39, 0.29) is 0 Å². The largest absolute Gasteiger partial charge is 0.290 e. The molecule has 1 atom stereocenters. The average molecular weight is 84.1 g/mol. The van der Waals surface area contributed by atoms with Crippen LogP contribution in [0.3, 0.4) is 0 Å². The highest BCUT2D eigenvalue weighted by Gasteiger charge is 2.17. The molecule has 1 nitrogen and oxygen atoms in total. The van der Waals surface area contributed by atoms with Gasteiger partial charge in [0.15, 0.2) is 0 Å². The first-order valence-electron chi connectivity index (χ1n) is 2.48. The van der Waals surface area contributed by atoms with Crippen molar-refractivity contribution >= 4 is 0 Å². The summed E-state index contributed by atoms with van der Waals surface area (Å²) in [6, 6.07) is 0.421. The van der Waals surface area contributed by atoms with Gasteiger partial charge in [0.25, 0.3) is 0 Å². The lowest BCUT2D eigenvalue weighted by Gasteiger charge is -1.82. The minimum absolute atomic E-state index is 0.421. The molecule has 1 unspecified atom stereocenters. The van der Waals surface area contributed by atoms with Crippen LogP contribution < -0.4 is 5.73 Å². The van der Waals surface area contributed by atoms with Gasteiger partial charge in [-0.1, -0.05) is 0 Å². The third-order valence-corrected chi connectivity index (χ3v) is 1.21. The van der Waals surface area contributed by atoms with Crippen LogP contribution in [0.2, 0.25) is 0 Å². The van der Waals surface area contributed by atoms with E-state index < -0.39 is 0 Å². The highest BCUT2D eigenvalue weighted by atomic mass is 14.6. The normalized spacial score (nSPS) is 33.2. The first-order chi connectivity index (χ1) is 2.89. The Labute approximate surface area is 38.5 Å². The summed E-state index contributed by atoms with van der Waals surface area (Å²) >= 11 is 0. The van der Waals surface area contributed by atoms with Crippen molar-refractivity contribution in [3.05, 3.63) is 6.42 Å². The van der Waals surface area contributed by atoms with Crippen molar-refractivity contribution in [1.29, 1.82) is 0 Å². The van der Waals surface area contributed by atoms with Gasteiger partial charge in [0, 0.05) is 6.42 Å². The van der Waals surface area contributed by atoms with E-state index in [0.717, 1.165) is 0 Å². The molecule has 0 radical (unpaired) electrons. The fraction of sp³-hybridized carbons (Fsp3) is 0.800. The summed E-state index contributed by atoms with van der Waals surface area (Å²) < 4.78 is 0. The van der Waals surface area contributed by atoms with Crippen molar-refractivity contribution in [3.8, 4) is 0 Å². The maximum Gasteiger partial charge on any atom is 0.146 e. The summed E-state index contributed by atoms with van der Waals surface area (Å²) in [5.41, 5.74) is 5.48. The monoisotopic (exact) mass is 84.1 g/mol. The highest BCUT2D eigenvalue weighted by Crippen LogP contribution is 2.13. The van der Waals surface area contributed by atoms with E-state index >= 15 is 0 Å². The van der Waals surface area contributed by atoms with Crippen molar-refractivity contribution in [3.63, 3.8) is 0 Å². The number of hydrogen-bond donors (Lipinski definition) is 1. The summed E-state index contributed by atoms with van der Waals surface area (Å²) in [6.07, 6.45) is 5.93. The Bertz CT molecular complexity index is 37.2. The predicted octanol–water partition coefficient (Wildman–Crippen LogP) is 0.702. The zero-order valence-corrected chi connectivity index (χ0v) is 3.85. The Morgan fingerprint density at radius 2 is 2.50 bits per heavy atom. The first-order valence-corrected chi connectivity index (χ1v) is 2.48. The van der Waals surface area contributed by atoms with Crippen molar-refractivity contribution in [2.75, 3.05) is 0 Å². The van der Waals surface area contributed by atoms with Gasteiger partial charge in [-0.2, -0.15) is 0 Å². The molecule has 2 N–H and O–H groups in total. The smallest absolute Gasteiger partial charge is 0.146 e. The molecule has 0 aromatic carbocycles. The molecule has 34 valence electrons. The molecule has 0 bridgehead atoms. The van der Waals surface area contributed by atoms with Crippen LogP contribution in [0.5, 0.6) is 0 Å². The lowest BCUT2D eigenvalue weighted by atomic mass is 10.3. The van der Waals surface area contributed by atoms with Gasteiger partial charge in [0.2, 0.25) is 0 Å². The van der Waals surface area contributed by atoms with Crippen LogP contribution in [0.4, 0.5) is 0 Å². The van der Waals surface area contributed by atoms with E-state index in [9.17, 15) is 0 Å². The van der Waals surface area contributed by atoms with E-state index in [1.54, 1.807) is 0 Å². The second-order valence-corrected chi connectivity index (χ2v) is 1.83. The van der Waals surface area contributed by atoms with E-state index in [1.807, 2.05) is 0 Å². The molecule has 0 amide bonds. The molecule has 6 heavy (non-hydrogen) atoms. The maximum absolute atomic E-state index is 5.48. The van der Waals surface area contributed by atoms with Crippen LogP contribution in [0.15, 0.2) is 0 Å². The number of hydrogen-bond acceptors (Lipinski definition) is 1. The van der Waals surface area contributed by atoms with Crippen molar-refractivity contribution < 1.29 is 0 Å². The van der Waals surface area contributed by atoms with Gasteiger partial charge >= 0.3 is 0 Å². The van der Waals surface area contributed by atoms with Crippen molar-refractivity contribution in [2.45, 2.75) is 25.3 Å². The molecule has 1 aliphatic rings. The quantitative estimate of drug-likeness (QED) is 0.429. The summed E-state index contributed by atoms with van der Waals surface area (Å²) in [5.74, 6) is 0. The van der Waals surface area contributed by atoms with E-state index in [2.05, 4.69) is 6.42 Å². The molecule has 0 spiro atoms. The minimum atomic E-state index is 0.421. The van der Waals surface area contributed by atoms with E-state index in [4.69, 9.17) is 5.73 Å². The molecule has 1 aliphatic carbocycles. The van der Waals surface area contributed by atoms with Gasteiger partial charge < -0.3 is 0 Å². The molecule has 0 aliphatic heterocycles. The highest BCUT2D eigenvalue weighted by molar-refractivity contribution is 4.85. The third kappa shape index (κ3) is 0.658. The molecule has 1 rings (SSSR count). The fourth-order valence-corrected chi connectivity index (χ4v) is 0.803. The average Bonchev–Trinajstić information content (AvgIpc) is 1.86. The van der Waals surface area contributed by atoms with Crippen LogP contribution >= 0.6 is 0 Å². The van der Waals surface area contributed by atoms with Gasteiger partial charge in [-0.25, -0.2) is 0 Å². The molecule has 0 aromatic heterocycles. The minimum Gasteiger partial charge on any atom is -0.290 e. The molecule has 1 saturated carbocycles. The van der Waals surface area contributed by atoms with Crippen molar-refractivity contribution in [2.24, 2.45) is 5.73 Å². The van der Waals surface area contributed by atoms with Gasteiger partial charge in [0.05, 0.1) is 12.8 Å². The lowest BCUT2D eigenvalue weighted by Crippen LogP contribution is -2.13. The van der Waals surface area contributed by atoms with Gasteiger partial charge in [-0.15, -0.1) is 0 Å². The molecule has 0 saturated heterocycles. The number of rotatable bonds is 0. The molecule has 0 aromatic rings. The molecular formula is C5H10N+. The van der Waals surface area contributed by atoms with Crippen LogP contribution in [-0.4, -0.2) is 6.04 Å². The second-order valence-electron chi connectivity index (χ2n) is 1.83. The zero-order valence-electron chi connectivity index (χ0n) is 3.85. The van der Waals surface area contributed by atoms with Gasteiger partial charge in [-0.05, 0) is 6.42 Å². The van der Waals surface area contributed by atoms with Crippen LogP contribution in [0.1, 0.15) is 19.3 Å². The Morgan fingerprint density at radius 1 is 1.67 bits per heavy atom. The summed E-state index contributed by atoms with van der Waals surface area (Å²) in [7, 11) is 0. The zero-order chi connectivity index (χ0) is 4.41. The summed E-state index contributed by atoms with van der Waals surface area (Å²) in [6.45, 7) is 0.